The number of hydrogen-bond donors (Lipinski definition) is 1. The Balaban J connectivity index is 2.73. The van der Waals surface area contributed by atoms with Crippen LogP contribution in [0.4, 0.5) is 0 Å². The van der Waals surface area contributed by atoms with Gasteiger partial charge in [0.05, 0.1) is 6.10 Å². The Bertz CT molecular complexity index is 736. The molecule has 0 bridgehead atoms. The summed E-state index contributed by atoms with van der Waals surface area (Å²) < 4.78 is 8.19. The van der Waals surface area contributed by atoms with Gasteiger partial charge in [-0.25, -0.2) is 0 Å². The van der Waals surface area contributed by atoms with E-state index < -0.39 is 13.9 Å². The Morgan fingerprint density at radius 3 is 1.75 bits per heavy atom. The van der Waals surface area contributed by atoms with Gasteiger partial charge in [0.1, 0.15) is 5.60 Å². The van der Waals surface area contributed by atoms with E-state index in [9.17, 15) is 5.11 Å². The Kier molecular flexibility index (Phi) is 7.70. The molecule has 1 N–H and O–H groups in total. The first-order chi connectivity index (χ1) is 13.0. The van der Waals surface area contributed by atoms with E-state index in [0.717, 1.165) is 10.0 Å². The SMILES string of the molecule is CC[C@@H](O[Si](c1ccccc1)(c1ccccc1)C(C)(C)C)[C@@](C)(O)/C=C(\C)I. The molecule has 0 amide bonds. The molecular formula is C24H33IO2Si. The van der Waals surface area contributed by atoms with Crippen LogP contribution in [0.2, 0.25) is 5.04 Å². The van der Waals surface area contributed by atoms with Crippen molar-refractivity contribution in [3.8, 4) is 0 Å². The van der Waals surface area contributed by atoms with Crippen LogP contribution in [0.3, 0.4) is 0 Å². The predicted octanol–water partition coefficient (Wildman–Crippen LogP) is 5.43. The van der Waals surface area contributed by atoms with Crippen molar-refractivity contribution in [2.75, 3.05) is 0 Å². The highest BCUT2D eigenvalue weighted by Crippen LogP contribution is 2.39. The molecule has 2 aromatic carbocycles. The first-order valence-corrected chi connectivity index (χ1v) is 12.9. The van der Waals surface area contributed by atoms with E-state index in [-0.39, 0.29) is 11.1 Å². The fourth-order valence-corrected chi connectivity index (χ4v) is 9.49. The Morgan fingerprint density at radius 1 is 1.00 bits per heavy atom. The molecule has 0 aliphatic carbocycles. The number of allylic oxidation sites excluding steroid dienone is 1. The summed E-state index contributed by atoms with van der Waals surface area (Å²) in [5.74, 6) is 0. The molecule has 0 saturated carbocycles. The molecule has 152 valence electrons. The van der Waals surface area contributed by atoms with Gasteiger partial charge < -0.3 is 9.53 Å². The van der Waals surface area contributed by atoms with Gasteiger partial charge in [0.15, 0.2) is 0 Å². The van der Waals surface area contributed by atoms with E-state index in [4.69, 9.17) is 4.43 Å². The van der Waals surface area contributed by atoms with Gasteiger partial charge in [-0.1, -0.05) is 88.4 Å². The highest BCUT2D eigenvalue weighted by atomic mass is 127. The molecule has 0 fully saturated rings. The predicted molar refractivity (Wildman–Crippen MR) is 131 cm³/mol. The van der Waals surface area contributed by atoms with Crippen LogP contribution >= 0.6 is 22.6 Å². The van der Waals surface area contributed by atoms with Crippen molar-refractivity contribution >= 4 is 41.3 Å². The van der Waals surface area contributed by atoms with Gasteiger partial charge in [0.2, 0.25) is 0 Å². The Hall–Kier alpha value is -0.953. The summed E-state index contributed by atoms with van der Waals surface area (Å²) in [6.45, 7) is 12.7. The molecule has 2 nitrogen and oxygen atoms in total. The molecule has 0 unspecified atom stereocenters. The van der Waals surface area contributed by atoms with Gasteiger partial charge >= 0.3 is 0 Å². The van der Waals surface area contributed by atoms with E-state index in [1.807, 2.05) is 32.1 Å². The minimum Gasteiger partial charge on any atom is -0.401 e. The smallest absolute Gasteiger partial charge is 0.261 e. The summed E-state index contributed by atoms with van der Waals surface area (Å²) >= 11 is 2.25. The number of halogens is 1. The molecule has 0 heterocycles. The summed E-state index contributed by atoms with van der Waals surface area (Å²) in [6, 6.07) is 21.2. The van der Waals surface area contributed by atoms with Gasteiger partial charge in [-0.2, -0.15) is 0 Å². The van der Waals surface area contributed by atoms with Crippen LogP contribution in [0.1, 0.15) is 48.0 Å². The maximum atomic E-state index is 11.3. The van der Waals surface area contributed by atoms with Crippen molar-refractivity contribution in [1.82, 2.24) is 0 Å². The Labute approximate surface area is 185 Å². The molecular weight excluding hydrogens is 475 g/mol. The Morgan fingerprint density at radius 2 is 1.43 bits per heavy atom. The topological polar surface area (TPSA) is 29.5 Å². The second kappa shape index (κ2) is 9.24. The van der Waals surface area contributed by atoms with Crippen LogP contribution in [0.5, 0.6) is 0 Å². The maximum Gasteiger partial charge on any atom is 0.261 e. The van der Waals surface area contributed by atoms with Crippen molar-refractivity contribution in [2.45, 2.75) is 64.7 Å². The van der Waals surface area contributed by atoms with Crippen LogP contribution in [0.15, 0.2) is 70.3 Å². The minimum atomic E-state index is -2.69. The number of benzene rings is 2. The second-order valence-corrected chi connectivity index (χ2v) is 14.6. The van der Waals surface area contributed by atoms with E-state index in [1.54, 1.807) is 0 Å². The standard InChI is InChI=1S/C24H33IO2Si/c1-7-22(24(6,26)18-19(2)25)27-28(23(3,4)5,20-14-10-8-11-15-20)21-16-12-9-13-17-21/h8-18,22,26H,7H2,1-6H3/b19-18+/t22-,24+/m1/s1. The van der Waals surface area contributed by atoms with Crippen LogP contribution in [0, 0.1) is 0 Å². The first-order valence-electron chi connectivity index (χ1n) is 9.91. The third kappa shape index (κ3) is 4.96. The second-order valence-electron chi connectivity index (χ2n) is 8.63. The van der Waals surface area contributed by atoms with Crippen molar-refractivity contribution in [1.29, 1.82) is 0 Å². The van der Waals surface area contributed by atoms with Gasteiger partial charge in [-0.15, -0.1) is 0 Å². The quantitative estimate of drug-likeness (QED) is 0.399. The van der Waals surface area contributed by atoms with E-state index >= 15 is 0 Å². The fourth-order valence-electron chi connectivity index (χ4n) is 4.02. The summed E-state index contributed by atoms with van der Waals surface area (Å²) in [5.41, 5.74) is -1.03. The molecule has 0 aromatic heterocycles. The first kappa shape index (κ1) is 23.3. The molecule has 0 radical (unpaired) electrons. The summed E-state index contributed by atoms with van der Waals surface area (Å²) in [7, 11) is -2.69. The zero-order valence-electron chi connectivity index (χ0n) is 17.9. The van der Waals surface area contributed by atoms with E-state index in [0.29, 0.717) is 0 Å². The number of aliphatic hydroxyl groups is 1. The van der Waals surface area contributed by atoms with Crippen LogP contribution in [0.25, 0.3) is 0 Å². The number of hydrogen-bond acceptors (Lipinski definition) is 2. The van der Waals surface area contributed by atoms with E-state index in [1.165, 1.54) is 10.4 Å². The summed E-state index contributed by atoms with van der Waals surface area (Å²) in [4.78, 5) is 0. The van der Waals surface area contributed by atoms with Gasteiger partial charge in [-0.3, -0.25) is 0 Å². The fraction of sp³-hybridized carbons (Fsp3) is 0.417. The van der Waals surface area contributed by atoms with Gasteiger partial charge in [-0.05, 0) is 67.9 Å². The molecule has 28 heavy (non-hydrogen) atoms. The van der Waals surface area contributed by atoms with Gasteiger partial charge in [0, 0.05) is 0 Å². The number of rotatable bonds is 7. The lowest BCUT2D eigenvalue weighted by atomic mass is 9.97. The zero-order valence-corrected chi connectivity index (χ0v) is 21.0. The molecule has 2 rings (SSSR count). The molecule has 0 spiro atoms. The normalized spacial score (nSPS) is 16.5. The molecule has 2 atom stereocenters. The lowest BCUT2D eigenvalue weighted by Gasteiger charge is -2.47. The maximum absolute atomic E-state index is 11.3. The largest absolute Gasteiger partial charge is 0.401 e. The third-order valence-electron chi connectivity index (χ3n) is 5.25. The molecule has 0 aliphatic heterocycles. The van der Waals surface area contributed by atoms with Crippen LogP contribution in [-0.2, 0) is 4.43 Å². The third-order valence-corrected chi connectivity index (χ3v) is 10.6. The van der Waals surface area contributed by atoms with E-state index in [2.05, 4.69) is 98.8 Å². The average molecular weight is 509 g/mol. The molecule has 2 aromatic rings. The van der Waals surface area contributed by atoms with Crippen molar-refractivity contribution in [3.05, 3.63) is 70.3 Å². The lowest BCUT2D eigenvalue weighted by Crippen LogP contribution is -2.69. The van der Waals surface area contributed by atoms with Crippen molar-refractivity contribution in [2.24, 2.45) is 0 Å². The molecule has 0 aliphatic rings. The summed E-state index contributed by atoms with van der Waals surface area (Å²) in [6.07, 6.45) is 2.35. The summed E-state index contributed by atoms with van der Waals surface area (Å²) in [5, 5.41) is 13.6. The molecule has 4 heteroatoms. The average Bonchev–Trinajstić information content (AvgIpc) is 2.62. The zero-order chi connectivity index (χ0) is 21.0. The highest BCUT2D eigenvalue weighted by Gasteiger charge is 2.52. The monoisotopic (exact) mass is 508 g/mol. The van der Waals surface area contributed by atoms with Crippen LogP contribution in [-0.4, -0.2) is 25.1 Å². The van der Waals surface area contributed by atoms with Crippen LogP contribution < -0.4 is 10.4 Å². The molecule has 0 saturated heterocycles. The van der Waals surface area contributed by atoms with Gasteiger partial charge in [0.25, 0.3) is 8.32 Å². The lowest BCUT2D eigenvalue weighted by molar-refractivity contribution is -0.0180. The van der Waals surface area contributed by atoms with Crippen molar-refractivity contribution in [3.63, 3.8) is 0 Å². The minimum absolute atomic E-state index is 0.109. The highest BCUT2D eigenvalue weighted by molar-refractivity contribution is 14.1. The van der Waals surface area contributed by atoms with Crippen molar-refractivity contribution < 1.29 is 9.53 Å².